The molecule has 4 atom stereocenters. The Bertz CT molecular complexity index is 1030. The molecule has 0 saturated heterocycles. The van der Waals surface area contributed by atoms with Gasteiger partial charge < -0.3 is 15.3 Å². The third-order valence-electron chi connectivity index (χ3n) is 8.97. The number of fused-ring (bicyclic) bond motifs is 1. The SMILES string of the molecule is C=C1C(=CC=C2CCC[C@]3(C)C(C4(CC=CC(O)(C(F)(F)F)C(F)(F)F)CC4)=CC[C@@H]23)CC(O)C[C@@H]1O. The highest BCUT2D eigenvalue weighted by atomic mass is 19.4. The molecule has 3 saturated carbocycles. The second kappa shape index (κ2) is 9.42. The van der Waals surface area contributed by atoms with Gasteiger partial charge in [-0.1, -0.05) is 49.0 Å². The van der Waals surface area contributed by atoms with Crippen LogP contribution in [0, 0.1) is 16.7 Å². The Morgan fingerprint density at radius 3 is 2.30 bits per heavy atom. The van der Waals surface area contributed by atoms with E-state index < -0.39 is 35.6 Å². The standard InChI is InChI=1S/C28H34F6O3/c1-17-19(15-20(35)16-22(17)36)7-6-18-5-3-10-24(2)21(18)8-9-23(24)25(13-14-25)11-4-12-26(37,27(29,30)31)28(32,33)34/h4,6-7,9,12,20-22,35-37H,1,3,5,8,10-11,13-16H2,2H3/t20?,21-,22-,24-/m0/s1. The van der Waals surface area contributed by atoms with E-state index in [9.17, 15) is 41.7 Å². The van der Waals surface area contributed by atoms with Gasteiger partial charge in [-0.25, -0.2) is 0 Å². The number of hydrogen-bond donors (Lipinski definition) is 3. The van der Waals surface area contributed by atoms with Gasteiger partial charge in [0.2, 0.25) is 0 Å². The highest BCUT2D eigenvalue weighted by Crippen LogP contribution is 2.67. The van der Waals surface area contributed by atoms with E-state index in [-0.39, 0.29) is 30.3 Å². The van der Waals surface area contributed by atoms with Gasteiger partial charge >= 0.3 is 12.4 Å². The van der Waals surface area contributed by atoms with Crippen LogP contribution in [0.1, 0.15) is 64.7 Å². The quantitative estimate of drug-likeness (QED) is 0.275. The number of halogens is 6. The van der Waals surface area contributed by atoms with Gasteiger partial charge in [0.25, 0.3) is 5.60 Å². The summed E-state index contributed by atoms with van der Waals surface area (Å²) in [7, 11) is 0. The van der Waals surface area contributed by atoms with Crippen LogP contribution in [0.4, 0.5) is 26.3 Å². The molecule has 3 N–H and O–H groups in total. The molecule has 3 fully saturated rings. The van der Waals surface area contributed by atoms with Gasteiger partial charge in [-0.05, 0) is 85.3 Å². The summed E-state index contributed by atoms with van der Waals surface area (Å²) < 4.78 is 78.4. The maximum absolute atomic E-state index is 13.1. The first-order chi connectivity index (χ1) is 17.0. The molecule has 0 spiro atoms. The summed E-state index contributed by atoms with van der Waals surface area (Å²) in [6.07, 6.45) is -0.907. The molecule has 4 rings (SSSR count). The van der Waals surface area contributed by atoms with Crippen molar-refractivity contribution in [1.29, 1.82) is 0 Å². The Kier molecular flexibility index (Phi) is 7.17. The summed E-state index contributed by atoms with van der Waals surface area (Å²) in [6.45, 7) is 6.08. The van der Waals surface area contributed by atoms with Gasteiger partial charge in [0.1, 0.15) is 0 Å². The van der Waals surface area contributed by atoms with Gasteiger partial charge in [0.15, 0.2) is 0 Å². The van der Waals surface area contributed by atoms with Crippen molar-refractivity contribution in [3.05, 3.63) is 59.3 Å². The van der Waals surface area contributed by atoms with Crippen LogP contribution in [0.5, 0.6) is 0 Å². The fourth-order valence-corrected chi connectivity index (χ4v) is 6.65. The van der Waals surface area contributed by atoms with Crippen molar-refractivity contribution in [3.63, 3.8) is 0 Å². The maximum Gasteiger partial charge on any atom is 0.429 e. The highest BCUT2D eigenvalue weighted by Gasteiger charge is 2.69. The molecule has 0 aromatic heterocycles. The number of rotatable bonds is 5. The van der Waals surface area contributed by atoms with E-state index >= 15 is 0 Å². The average Bonchev–Trinajstić information content (AvgIpc) is 3.46. The molecule has 0 amide bonds. The summed E-state index contributed by atoms with van der Waals surface area (Å²) in [5, 5.41) is 29.6. The number of aliphatic hydroxyl groups excluding tert-OH is 2. The number of hydrogen-bond acceptors (Lipinski definition) is 3. The fourth-order valence-electron chi connectivity index (χ4n) is 6.65. The van der Waals surface area contributed by atoms with Crippen LogP contribution in [-0.2, 0) is 0 Å². The summed E-state index contributed by atoms with van der Waals surface area (Å²) in [4.78, 5) is 0. The monoisotopic (exact) mass is 532 g/mol. The van der Waals surface area contributed by atoms with Crippen molar-refractivity contribution >= 4 is 0 Å². The van der Waals surface area contributed by atoms with E-state index in [0.717, 1.165) is 42.9 Å². The zero-order valence-electron chi connectivity index (χ0n) is 20.8. The molecule has 0 aromatic carbocycles. The molecule has 9 heteroatoms. The summed E-state index contributed by atoms with van der Waals surface area (Å²) in [6, 6.07) is 0. The Balaban J connectivity index is 1.53. The molecule has 0 heterocycles. The number of allylic oxidation sites excluding steroid dienone is 6. The van der Waals surface area contributed by atoms with Crippen LogP contribution in [0.15, 0.2) is 59.3 Å². The Morgan fingerprint density at radius 1 is 1.05 bits per heavy atom. The lowest BCUT2D eigenvalue weighted by Gasteiger charge is -2.43. The first kappa shape index (κ1) is 28.2. The van der Waals surface area contributed by atoms with Crippen LogP contribution in [0.25, 0.3) is 0 Å². The molecule has 0 aromatic rings. The molecule has 37 heavy (non-hydrogen) atoms. The smallest absolute Gasteiger partial charge is 0.393 e. The fraction of sp³-hybridized carbons (Fsp3) is 0.643. The summed E-state index contributed by atoms with van der Waals surface area (Å²) in [5.74, 6) is 0.170. The minimum absolute atomic E-state index is 0.00825. The first-order valence-electron chi connectivity index (χ1n) is 12.7. The van der Waals surface area contributed by atoms with Gasteiger partial charge in [-0.2, -0.15) is 26.3 Å². The van der Waals surface area contributed by atoms with Crippen molar-refractivity contribution in [2.75, 3.05) is 0 Å². The second-order valence-corrected chi connectivity index (χ2v) is 11.4. The van der Waals surface area contributed by atoms with Crippen molar-refractivity contribution in [1.82, 2.24) is 0 Å². The second-order valence-electron chi connectivity index (χ2n) is 11.4. The molecular formula is C28H34F6O3. The maximum atomic E-state index is 13.1. The van der Waals surface area contributed by atoms with E-state index in [1.165, 1.54) is 5.57 Å². The molecule has 206 valence electrons. The van der Waals surface area contributed by atoms with Gasteiger partial charge in [-0.15, -0.1) is 0 Å². The topological polar surface area (TPSA) is 60.7 Å². The molecule has 1 unspecified atom stereocenters. The van der Waals surface area contributed by atoms with Crippen LogP contribution in [-0.4, -0.2) is 45.5 Å². The summed E-state index contributed by atoms with van der Waals surface area (Å²) in [5.41, 5.74) is -1.88. The van der Waals surface area contributed by atoms with E-state index in [1.807, 2.05) is 12.2 Å². The van der Waals surface area contributed by atoms with E-state index in [4.69, 9.17) is 0 Å². The number of alkyl halides is 6. The van der Waals surface area contributed by atoms with Crippen molar-refractivity contribution in [2.24, 2.45) is 16.7 Å². The lowest BCUT2D eigenvalue weighted by atomic mass is 9.61. The molecule has 3 nitrogen and oxygen atoms in total. The first-order valence-corrected chi connectivity index (χ1v) is 12.7. The average molecular weight is 533 g/mol. The third-order valence-corrected chi connectivity index (χ3v) is 8.97. The molecule has 0 aliphatic heterocycles. The van der Waals surface area contributed by atoms with Crippen molar-refractivity contribution in [2.45, 2.75) is 94.9 Å². The van der Waals surface area contributed by atoms with Crippen LogP contribution >= 0.6 is 0 Å². The zero-order valence-corrected chi connectivity index (χ0v) is 20.8. The van der Waals surface area contributed by atoms with E-state index in [0.29, 0.717) is 24.8 Å². The van der Waals surface area contributed by atoms with E-state index in [2.05, 4.69) is 19.6 Å². The van der Waals surface area contributed by atoms with E-state index in [1.54, 1.807) is 0 Å². The highest BCUT2D eigenvalue weighted by molar-refractivity contribution is 5.42. The minimum atomic E-state index is -5.87. The largest absolute Gasteiger partial charge is 0.429 e. The van der Waals surface area contributed by atoms with Crippen LogP contribution in [0.3, 0.4) is 0 Å². The molecular weight excluding hydrogens is 498 g/mol. The Hall–Kier alpha value is -1.84. The number of aliphatic hydroxyl groups is 3. The van der Waals surface area contributed by atoms with Gasteiger partial charge in [0.05, 0.1) is 12.2 Å². The molecule has 4 aliphatic rings. The predicted octanol–water partition coefficient (Wildman–Crippen LogP) is 6.63. The molecule has 4 aliphatic carbocycles. The van der Waals surface area contributed by atoms with Crippen molar-refractivity contribution < 1.29 is 41.7 Å². The van der Waals surface area contributed by atoms with Gasteiger partial charge in [0, 0.05) is 6.42 Å². The molecule has 0 bridgehead atoms. The lowest BCUT2D eigenvalue weighted by Crippen LogP contribution is -2.55. The Labute approximate surface area is 212 Å². The molecule has 0 radical (unpaired) electrons. The normalized spacial score (nSPS) is 34.8. The predicted molar refractivity (Wildman–Crippen MR) is 127 cm³/mol. The summed E-state index contributed by atoms with van der Waals surface area (Å²) >= 11 is 0. The minimum Gasteiger partial charge on any atom is -0.393 e. The van der Waals surface area contributed by atoms with Crippen LogP contribution in [0.2, 0.25) is 0 Å². The zero-order chi connectivity index (χ0) is 27.4. The van der Waals surface area contributed by atoms with Gasteiger partial charge in [-0.3, -0.25) is 0 Å². The lowest BCUT2D eigenvalue weighted by molar-refractivity contribution is -0.347. The van der Waals surface area contributed by atoms with Crippen LogP contribution < -0.4 is 0 Å². The van der Waals surface area contributed by atoms with Crippen molar-refractivity contribution in [3.8, 4) is 0 Å². The third kappa shape index (κ3) is 4.99. The Morgan fingerprint density at radius 2 is 1.70 bits per heavy atom.